The van der Waals surface area contributed by atoms with E-state index in [1.165, 1.54) is 11.1 Å². The first-order valence-electron chi connectivity index (χ1n) is 6.39. The van der Waals surface area contributed by atoms with Crippen LogP contribution >= 0.6 is 21.6 Å². The van der Waals surface area contributed by atoms with Crippen molar-refractivity contribution in [2.75, 3.05) is 0 Å². The molecule has 0 unspecified atom stereocenters. The molecule has 1 fully saturated rings. The lowest BCUT2D eigenvalue weighted by molar-refractivity contribution is 0.148. The number of hydrogen-bond acceptors (Lipinski definition) is 3. The highest BCUT2D eigenvalue weighted by Gasteiger charge is 2.50. The predicted molar refractivity (Wildman–Crippen MR) is 84.3 cm³/mol. The Bertz CT molecular complexity index is 502. The van der Waals surface area contributed by atoms with Gasteiger partial charge in [-0.15, -0.1) is 0 Å². The fraction of sp³-hybridized carbons (Fsp3) is 0.250. The Morgan fingerprint density at radius 2 is 1.37 bits per heavy atom. The molecular weight excluding hydrogens is 272 g/mol. The molecular formula is C16H16OS2. The lowest BCUT2D eigenvalue weighted by Gasteiger charge is -2.33. The van der Waals surface area contributed by atoms with Crippen molar-refractivity contribution in [1.29, 1.82) is 0 Å². The summed E-state index contributed by atoms with van der Waals surface area (Å²) in [6.45, 7) is 2.09. The molecule has 0 bridgehead atoms. The van der Waals surface area contributed by atoms with E-state index in [4.69, 9.17) is 0 Å². The quantitative estimate of drug-likeness (QED) is 0.841. The molecule has 0 amide bonds. The molecule has 2 aromatic rings. The average Bonchev–Trinajstić information content (AvgIpc) is 2.78. The minimum atomic E-state index is -0.382. The SMILES string of the molecule is C[C@H]1SSC(c2ccccc2)(c2ccccc2)[C@H]1O. The van der Waals surface area contributed by atoms with Gasteiger partial charge in [-0.05, 0) is 18.1 Å². The molecule has 2 atom stereocenters. The summed E-state index contributed by atoms with van der Waals surface area (Å²) in [4.78, 5) is 0. The van der Waals surface area contributed by atoms with E-state index in [0.717, 1.165) is 0 Å². The van der Waals surface area contributed by atoms with Gasteiger partial charge in [-0.3, -0.25) is 0 Å². The summed E-state index contributed by atoms with van der Waals surface area (Å²) in [6, 6.07) is 20.7. The van der Waals surface area contributed by atoms with Crippen molar-refractivity contribution in [3.63, 3.8) is 0 Å². The maximum Gasteiger partial charge on any atom is 0.103 e. The monoisotopic (exact) mass is 288 g/mol. The van der Waals surface area contributed by atoms with E-state index in [1.807, 2.05) is 36.4 Å². The second-order valence-electron chi connectivity index (χ2n) is 4.80. The standard InChI is InChI=1S/C16H16OS2/c1-12-15(17)16(19-18-12,13-8-4-2-5-9-13)14-10-6-3-7-11-14/h2-12,15,17H,1H3/t12-,15+/m1/s1. The maximum absolute atomic E-state index is 10.8. The van der Waals surface area contributed by atoms with Gasteiger partial charge in [-0.1, -0.05) is 82.3 Å². The van der Waals surface area contributed by atoms with Gasteiger partial charge < -0.3 is 5.11 Å². The van der Waals surface area contributed by atoms with Crippen molar-refractivity contribution in [2.24, 2.45) is 0 Å². The van der Waals surface area contributed by atoms with Gasteiger partial charge in [0, 0.05) is 5.25 Å². The van der Waals surface area contributed by atoms with E-state index in [1.54, 1.807) is 21.6 Å². The van der Waals surface area contributed by atoms with E-state index in [2.05, 4.69) is 31.2 Å². The molecule has 1 heterocycles. The van der Waals surface area contributed by atoms with Gasteiger partial charge >= 0.3 is 0 Å². The third-order valence-corrected chi connectivity index (χ3v) is 7.22. The van der Waals surface area contributed by atoms with Crippen LogP contribution in [0.5, 0.6) is 0 Å². The number of aliphatic hydroxyl groups excluding tert-OH is 1. The van der Waals surface area contributed by atoms with Crippen molar-refractivity contribution in [2.45, 2.75) is 23.0 Å². The molecule has 0 saturated carbocycles. The molecule has 1 saturated heterocycles. The van der Waals surface area contributed by atoms with Crippen molar-refractivity contribution < 1.29 is 5.11 Å². The van der Waals surface area contributed by atoms with Gasteiger partial charge in [0.05, 0.1) is 6.10 Å². The lowest BCUT2D eigenvalue weighted by Crippen LogP contribution is -2.38. The van der Waals surface area contributed by atoms with Gasteiger partial charge in [0.15, 0.2) is 0 Å². The van der Waals surface area contributed by atoms with Crippen LogP contribution in [0, 0.1) is 0 Å². The fourth-order valence-corrected chi connectivity index (χ4v) is 6.13. The Kier molecular flexibility index (Phi) is 3.61. The summed E-state index contributed by atoms with van der Waals surface area (Å²) < 4.78 is -0.355. The first-order valence-corrected chi connectivity index (χ1v) is 8.60. The first kappa shape index (κ1) is 13.1. The molecule has 1 nitrogen and oxygen atoms in total. The van der Waals surface area contributed by atoms with Crippen LogP contribution in [0.15, 0.2) is 60.7 Å². The van der Waals surface area contributed by atoms with E-state index in [9.17, 15) is 5.11 Å². The Hall–Kier alpha value is -0.900. The third kappa shape index (κ3) is 2.10. The summed E-state index contributed by atoms with van der Waals surface area (Å²) in [6.07, 6.45) is -0.382. The topological polar surface area (TPSA) is 20.2 Å². The smallest absolute Gasteiger partial charge is 0.103 e. The largest absolute Gasteiger partial charge is 0.390 e. The van der Waals surface area contributed by atoms with Gasteiger partial charge in [0.1, 0.15) is 4.75 Å². The van der Waals surface area contributed by atoms with Crippen LogP contribution in [0.2, 0.25) is 0 Å². The molecule has 0 radical (unpaired) electrons. The highest BCUT2D eigenvalue weighted by molar-refractivity contribution is 8.77. The molecule has 1 aliphatic heterocycles. The van der Waals surface area contributed by atoms with E-state index >= 15 is 0 Å². The Balaban J connectivity index is 2.18. The van der Waals surface area contributed by atoms with Gasteiger partial charge in [0.2, 0.25) is 0 Å². The summed E-state index contributed by atoms with van der Waals surface area (Å²) in [7, 11) is 3.55. The molecule has 98 valence electrons. The highest BCUT2D eigenvalue weighted by Crippen LogP contribution is 2.60. The van der Waals surface area contributed by atoms with Gasteiger partial charge in [-0.2, -0.15) is 0 Å². The average molecular weight is 288 g/mol. The Labute approximate surface area is 121 Å². The second kappa shape index (κ2) is 5.23. The summed E-state index contributed by atoms with van der Waals surface area (Å²) >= 11 is 0. The number of hydrogen-bond donors (Lipinski definition) is 1. The van der Waals surface area contributed by atoms with E-state index in [-0.39, 0.29) is 16.1 Å². The van der Waals surface area contributed by atoms with Crippen LogP contribution in [0.25, 0.3) is 0 Å². The van der Waals surface area contributed by atoms with Gasteiger partial charge in [0.25, 0.3) is 0 Å². The third-order valence-electron chi connectivity index (χ3n) is 3.60. The fourth-order valence-electron chi connectivity index (χ4n) is 2.56. The van der Waals surface area contributed by atoms with E-state index < -0.39 is 0 Å². The molecule has 3 rings (SSSR count). The van der Waals surface area contributed by atoms with Crippen LogP contribution in [-0.2, 0) is 4.75 Å². The molecule has 1 N–H and O–H groups in total. The molecule has 0 aromatic heterocycles. The van der Waals surface area contributed by atoms with Crippen molar-refractivity contribution >= 4 is 21.6 Å². The molecule has 3 heteroatoms. The number of benzene rings is 2. The van der Waals surface area contributed by atoms with Crippen LogP contribution in [0.3, 0.4) is 0 Å². The van der Waals surface area contributed by atoms with Crippen LogP contribution in [0.4, 0.5) is 0 Å². The first-order chi connectivity index (χ1) is 9.25. The molecule has 1 aliphatic rings. The van der Waals surface area contributed by atoms with Crippen LogP contribution in [0.1, 0.15) is 18.1 Å². The zero-order valence-electron chi connectivity index (χ0n) is 10.7. The number of aliphatic hydroxyl groups is 1. The van der Waals surface area contributed by atoms with Crippen molar-refractivity contribution in [3.8, 4) is 0 Å². The lowest BCUT2D eigenvalue weighted by atomic mass is 9.84. The molecule has 2 aromatic carbocycles. The molecule has 0 spiro atoms. The molecule has 0 aliphatic carbocycles. The van der Waals surface area contributed by atoms with Crippen LogP contribution in [-0.4, -0.2) is 16.5 Å². The minimum Gasteiger partial charge on any atom is -0.390 e. The highest BCUT2D eigenvalue weighted by atomic mass is 33.1. The Morgan fingerprint density at radius 3 is 1.74 bits per heavy atom. The summed E-state index contributed by atoms with van der Waals surface area (Å²) in [5.74, 6) is 0. The van der Waals surface area contributed by atoms with E-state index in [0.29, 0.717) is 0 Å². The summed E-state index contributed by atoms with van der Waals surface area (Å²) in [5.41, 5.74) is 2.35. The van der Waals surface area contributed by atoms with Crippen molar-refractivity contribution in [1.82, 2.24) is 0 Å². The minimum absolute atomic E-state index is 0.227. The number of rotatable bonds is 2. The predicted octanol–water partition coefficient (Wildman–Crippen LogP) is 4.07. The second-order valence-corrected chi connectivity index (χ2v) is 7.62. The van der Waals surface area contributed by atoms with Crippen LogP contribution < -0.4 is 0 Å². The zero-order valence-corrected chi connectivity index (χ0v) is 12.3. The zero-order chi connectivity index (χ0) is 13.3. The Morgan fingerprint density at radius 1 is 0.895 bits per heavy atom. The maximum atomic E-state index is 10.8. The summed E-state index contributed by atoms with van der Waals surface area (Å²) in [5, 5.41) is 11.0. The van der Waals surface area contributed by atoms with Crippen molar-refractivity contribution in [3.05, 3.63) is 71.8 Å². The molecule has 19 heavy (non-hydrogen) atoms. The normalized spacial score (nSPS) is 25.4. The van der Waals surface area contributed by atoms with Gasteiger partial charge in [-0.25, -0.2) is 0 Å².